The van der Waals surface area contributed by atoms with E-state index < -0.39 is 6.10 Å². The maximum Gasteiger partial charge on any atom is 0.265 e. The summed E-state index contributed by atoms with van der Waals surface area (Å²) in [7, 11) is 0. The fourth-order valence-electron chi connectivity index (χ4n) is 2.86. The van der Waals surface area contributed by atoms with E-state index in [4.69, 9.17) is 10.00 Å². The van der Waals surface area contributed by atoms with Crippen molar-refractivity contribution >= 4 is 33.0 Å². The first kappa shape index (κ1) is 15.5. The number of carbonyl (C=O) groups is 1. The lowest BCUT2D eigenvalue weighted by molar-refractivity contribution is 0.0940. The predicted molar refractivity (Wildman–Crippen MR) is 97.8 cm³/mol. The number of nitriles is 1. The van der Waals surface area contributed by atoms with E-state index in [0.717, 1.165) is 21.3 Å². The lowest BCUT2D eigenvalue weighted by Crippen LogP contribution is -2.37. The summed E-state index contributed by atoms with van der Waals surface area (Å²) in [5.74, 6) is 0.556. The van der Waals surface area contributed by atoms with Gasteiger partial charge >= 0.3 is 0 Å². The van der Waals surface area contributed by atoms with Crippen LogP contribution in [0, 0.1) is 11.3 Å². The number of hydrogen-bond donors (Lipinski definition) is 2. The number of fused-ring (bicyclic) bond motifs is 3. The fourth-order valence-corrected chi connectivity index (χ4v) is 3.93. The molecule has 0 spiro atoms. The maximum atomic E-state index is 12.5. The lowest BCUT2D eigenvalue weighted by atomic mass is 10.1. The average Bonchev–Trinajstić information content (AvgIpc) is 3.02. The van der Waals surface area contributed by atoms with Crippen LogP contribution in [-0.2, 0) is 0 Å². The predicted octanol–water partition coefficient (Wildman–Crippen LogP) is 4.05. The molecule has 5 nitrogen and oxygen atoms in total. The fraction of sp³-hybridized carbons (Fsp3) is 0.158. The van der Waals surface area contributed by atoms with Crippen LogP contribution in [0.5, 0.6) is 5.75 Å². The molecule has 0 saturated carbocycles. The van der Waals surface area contributed by atoms with E-state index in [2.05, 4.69) is 10.6 Å². The molecule has 0 aliphatic carbocycles. The number of rotatable bonds is 3. The van der Waals surface area contributed by atoms with E-state index in [-0.39, 0.29) is 12.1 Å². The molecule has 4 rings (SSSR count). The number of carbonyl (C=O) groups excluding carboxylic acids is 1. The second-order valence-electron chi connectivity index (χ2n) is 5.81. The molecule has 124 valence electrons. The van der Waals surface area contributed by atoms with Crippen molar-refractivity contribution in [3.63, 3.8) is 0 Å². The number of hydrogen-bond acceptors (Lipinski definition) is 5. The Morgan fingerprint density at radius 1 is 1.16 bits per heavy atom. The highest BCUT2D eigenvalue weighted by molar-refractivity contribution is 7.21. The van der Waals surface area contributed by atoms with Crippen LogP contribution in [0.15, 0.2) is 48.5 Å². The topological polar surface area (TPSA) is 74.1 Å². The third-order valence-corrected chi connectivity index (χ3v) is 5.24. The van der Waals surface area contributed by atoms with Crippen LogP contribution < -0.4 is 15.4 Å². The molecule has 25 heavy (non-hydrogen) atoms. The van der Waals surface area contributed by atoms with Crippen molar-refractivity contribution < 1.29 is 9.53 Å². The van der Waals surface area contributed by atoms with Gasteiger partial charge in [0.1, 0.15) is 22.9 Å². The van der Waals surface area contributed by atoms with E-state index in [1.54, 1.807) is 19.1 Å². The largest absolute Gasteiger partial charge is 0.476 e. The summed E-state index contributed by atoms with van der Waals surface area (Å²) in [6, 6.07) is 17.4. The van der Waals surface area contributed by atoms with Crippen molar-refractivity contribution in [2.24, 2.45) is 0 Å². The highest BCUT2D eigenvalue weighted by Gasteiger charge is 2.28. The summed E-state index contributed by atoms with van der Waals surface area (Å²) >= 11 is 1.49. The Balaban J connectivity index is 1.63. The van der Waals surface area contributed by atoms with Gasteiger partial charge in [-0.2, -0.15) is 5.26 Å². The van der Waals surface area contributed by atoms with Crippen molar-refractivity contribution in [2.45, 2.75) is 19.2 Å². The van der Waals surface area contributed by atoms with Gasteiger partial charge in [-0.1, -0.05) is 30.3 Å². The summed E-state index contributed by atoms with van der Waals surface area (Å²) in [6.45, 7) is 1.69. The van der Waals surface area contributed by atoms with Crippen molar-refractivity contribution in [1.29, 1.82) is 5.26 Å². The molecule has 3 aromatic rings. The molecule has 1 aromatic heterocycles. The first-order valence-electron chi connectivity index (χ1n) is 7.91. The Morgan fingerprint density at radius 3 is 2.68 bits per heavy atom. The van der Waals surface area contributed by atoms with Crippen molar-refractivity contribution in [1.82, 2.24) is 5.32 Å². The van der Waals surface area contributed by atoms with E-state index in [0.29, 0.717) is 10.6 Å². The van der Waals surface area contributed by atoms with Crippen LogP contribution in [0.3, 0.4) is 0 Å². The van der Waals surface area contributed by atoms with Gasteiger partial charge in [-0.3, -0.25) is 4.79 Å². The lowest BCUT2D eigenvalue weighted by Gasteiger charge is -2.26. The summed E-state index contributed by atoms with van der Waals surface area (Å²) in [6.07, 6.45) is -0.807. The second-order valence-corrected chi connectivity index (χ2v) is 6.86. The Hall–Kier alpha value is -3.04. The highest BCUT2D eigenvalue weighted by Crippen LogP contribution is 2.39. The van der Waals surface area contributed by atoms with Gasteiger partial charge in [-0.25, -0.2) is 0 Å². The zero-order valence-electron chi connectivity index (χ0n) is 13.4. The maximum absolute atomic E-state index is 12.5. The second kappa shape index (κ2) is 6.11. The summed E-state index contributed by atoms with van der Waals surface area (Å²) in [4.78, 5) is 13.2. The van der Waals surface area contributed by atoms with Gasteiger partial charge in [0.25, 0.3) is 5.91 Å². The molecule has 0 radical (unpaired) electrons. The number of nitrogens with one attached hydrogen (secondary N) is 2. The molecule has 1 aliphatic rings. The monoisotopic (exact) mass is 349 g/mol. The molecule has 2 atom stereocenters. The Morgan fingerprint density at radius 2 is 1.92 bits per heavy atom. The summed E-state index contributed by atoms with van der Waals surface area (Å²) in [5.41, 5.74) is 1.80. The molecular formula is C19H15N3O2S. The molecule has 0 saturated heterocycles. The number of amides is 1. The SMILES string of the molecule is C[C@H](C#N)Oc1ccc([C@H]2NC(=O)c3sc4ccccc4c3N2)cc1. The van der Waals surface area contributed by atoms with Gasteiger partial charge in [-0.05, 0) is 30.7 Å². The molecule has 0 unspecified atom stereocenters. The molecule has 1 amide bonds. The van der Waals surface area contributed by atoms with Gasteiger partial charge in [0.2, 0.25) is 0 Å². The van der Waals surface area contributed by atoms with Gasteiger partial charge in [0.05, 0.1) is 5.69 Å². The number of thiophene rings is 1. The molecule has 2 aromatic carbocycles. The zero-order valence-corrected chi connectivity index (χ0v) is 14.3. The smallest absolute Gasteiger partial charge is 0.265 e. The van der Waals surface area contributed by atoms with Gasteiger partial charge in [0, 0.05) is 10.1 Å². The van der Waals surface area contributed by atoms with Crippen LogP contribution in [0.2, 0.25) is 0 Å². The minimum absolute atomic E-state index is 0.0709. The summed E-state index contributed by atoms with van der Waals surface area (Å²) in [5, 5.41) is 16.3. The number of benzene rings is 2. The van der Waals surface area contributed by atoms with E-state index in [1.165, 1.54) is 11.3 Å². The van der Waals surface area contributed by atoms with Crippen molar-refractivity contribution in [3.05, 3.63) is 59.0 Å². The minimum atomic E-state index is -0.502. The van der Waals surface area contributed by atoms with Crippen LogP contribution >= 0.6 is 11.3 Å². The molecule has 0 bridgehead atoms. The van der Waals surface area contributed by atoms with Gasteiger partial charge < -0.3 is 15.4 Å². The standard InChI is InChI=1S/C19H15N3O2S/c1-11(10-20)24-13-8-6-12(7-9-13)18-21-16-14-4-2-3-5-15(14)25-17(16)19(23)22-18/h2-9,11,18,21H,1H3,(H,22,23)/t11-,18-/m1/s1. The normalized spacial score (nSPS) is 17.1. The Bertz CT molecular complexity index is 988. The Kier molecular flexibility index (Phi) is 3.79. The third-order valence-electron chi connectivity index (χ3n) is 4.07. The first-order valence-corrected chi connectivity index (χ1v) is 8.72. The van der Waals surface area contributed by atoms with Crippen LogP contribution in [0.4, 0.5) is 5.69 Å². The van der Waals surface area contributed by atoms with Gasteiger partial charge in [0.15, 0.2) is 6.10 Å². The van der Waals surface area contributed by atoms with Crippen molar-refractivity contribution in [2.75, 3.05) is 5.32 Å². The van der Waals surface area contributed by atoms with Crippen molar-refractivity contribution in [3.8, 4) is 11.8 Å². The molecule has 2 N–H and O–H groups in total. The highest BCUT2D eigenvalue weighted by atomic mass is 32.1. The molecule has 6 heteroatoms. The molecule has 1 aliphatic heterocycles. The van der Waals surface area contributed by atoms with Crippen LogP contribution in [0.1, 0.15) is 28.3 Å². The molecule has 0 fully saturated rings. The summed E-state index contributed by atoms with van der Waals surface area (Å²) < 4.78 is 6.55. The van der Waals surface area contributed by atoms with Crippen LogP contribution in [0.25, 0.3) is 10.1 Å². The van der Waals surface area contributed by atoms with Crippen LogP contribution in [-0.4, -0.2) is 12.0 Å². The first-order chi connectivity index (χ1) is 12.2. The number of ether oxygens (including phenoxy) is 1. The average molecular weight is 349 g/mol. The number of nitrogens with zero attached hydrogens (tertiary/aromatic N) is 1. The minimum Gasteiger partial charge on any atom is -0.476 e. The quantitative estimate of drug-likeness (QED) is 0.748. The van der Waals surface area contributed by atoms with E-state index in [1.807, 2.05) is 42.5 Å². The van der Waals surface area contributed by atoms with Gasteiger partial charge in [-0.15, -0.1) is 11.3 Å². The Labute approximate surface area is 148 Å². The van der Waals surface area contributed by atoms with E-state index >= 15 is 0 Å². The van der Waals surface area contributed by atoms with E-state index in [9.17, 15) is 4.79 Å². The third kappa shape index (κ3) is 2.79. The zero-order chi connectivity index (χ0) is 17.4. The molecule has 2 heterocycles. The molecular weight excluding hydrogens is 334 g/mol. The number of anilines is 1.